The summed E-state index contributed by atoms with van der Waals surface area (Å²) in [5.41, 5.74) is 0.688. The second-order valence-corrected chi connectivity index (χ2v) is 8.39. The summed E-state index contributed by atoms with van der Waals surface area (Å²) in [6.07, 6.45) is 1.04. The molecule has 2 amide bonds. The lowest BCUT2D eigenvalue weighted by Crippen LogP contribution is -2.53. The highest BCUT2D eigenvalue weighted by Crippen LogP contribution is 2.41. The fourth-order valence-electron chi connectivity index (χ4n) is 3.74. The molecule has 1 saturated heterocycles. The molecular formula is C22H22Cl2N2O4. The summed E-state index contributed by atoms with van der Waals surface area (Å²) >= 11 is 12.7. The number of benzene rings is 2. The Bertz CT molecular complexity index is 999. The smallest absolute Gasteiger partial charge is 0.254 e. The van der Waals surface area contributed by atoms with Crippen LogP contribution in [0.1, 0.15) is 23.2 Å². The molecule has 1 aliphatic heterocycles. The van der Waals surface area contributed by atoms with Crippen molar-refractivity contribution in [3.8, 4) is 16.9 Å². The van der Waals surface area contributed by atoms with Crippen LogP contribution < -0.4 is 4.74 Å². The van der Waals surface area contributed by atoms with Gasteiger partial charge in [-0.3, -0.25) is 9.59 Å². The van der Waals surface area contributed by atoms with Gasteiger partial charge in [0.25, 0.3) is 11.8 Å². The molecule has 0 spiro atoms. The molecule has 1 aliphatic carbocycles. The van der Waals surface area contributed by atoms with Crippen LogP contribution in [0.2, 0.25) is 10.0 Å². The zero-order chi connectivity index (χ0) is 21.5. The maximum atomic E-state index is 13.3. The minimum absolute atomic E-state index is 0.132. The molecule has 8 heteroatoms. The fraction of sp³-hybridized carbons (Fsp3) is 0.364. The molecule has 1 N–H and O–H groups in total. The van der Waals surface area contributed by atoms with Crippen molar-refractivity contribution in [1.82, 2.24) is 9.80 Å². The Balaban J connectivity index is 1.56. The van der Waals surface area contributed by atoms with Crippen molar-refractivity contribution in [1.29, 1.82) is 0 Å². The number of methoxy groups -OCH3 is 1. The second kappa shape index (κ2) is 8.10. The molecule has 1 heterocycles. The summed E-state index contributed by atoms with van der Waals surface area (Å²) in [6, 6.07) is 10.7. The van der Waals surface area contributed by atoms with Crippen molar-refractivity contribution < 1.29 is 19.4 Å². The van der Waals surface area contributed by atoms with Gasteiger partial charge in [-0.15, -0.1) is 0 Å². The van der Waals surface area contributed by atoms with Crippen LogP contribution in [-0.4, -0.2) is 65.6 Å². The van der Waals surface area contributed by atoms with E-state index >= 15 is 0 Å². The number of hydrogen-bond donors (Lipinski definition) is 1. The molecule has 30 heavy (non-hydrogen) atoms. The first-order valence-corrected chi connectivity index (χ1v) is 10.5. The van der Waals surface area contributed by atoms with Crippen molar-refractivity contribution in [3.63, 3.8) is 0 Å². The van der Waals surface area contributed by atoms with Gasteiger partial charge < -0.3 is 19.6 Å². The van der Waals surface area contributed by atoms with Crippen LogP contribution in [-0.2, 0) is 4.79 Å². The lowest BCUT2D eigenvalue weighted by atomic mass is 9.98. The van der Waals surface area contributed by atoms with Crippen molar-refractivity contribution >= 4 is 35.0 Å². The minimum atomic E-state index is -1.18. The lowest BCUT2D eigenvalue weighted by molar-refractivity contribution is -0.143. The number of hydrogen-bond acceptors (Lipinski definition) is 4. The molecule has 0 unspecified atom stereocenters. The van der Waals surface area contributed by atoms with Crippen molar-refractivity contribution in [3.05, 3.63) is 52.0 Å². The first-order valence-electron chi connectivity index (χ1n) is 9.78. The van der Waals surface area contributed by atoms with Gasteiger partial charge in [0.15, 0.2) is 5.75 Å². The van der Waals surface area contributed by atoms with Gasteiger partial charge in [-0.05, 0) is 30.5 Å². The van der Waals surface area contributed by atoms with Crippen LogP contribution in [0.25, 0.3) is 11.1 Å². The van der Waals surface area contributed by atoms with Gasteiger partial charge in [0.2, 0.25) is 0 Å². The Hall–Kier alpha value is -2.28. The molecular weight excluding hydrogens is 427 g/mol. The van der Waals surface area contributed by atoms with Gasteiger partial charge in [-0.1, -0.05) is 47.5 Å². The van der Waals surface area contributed by atoms with Gasteiger partial charge in [-0.25, -0.2) is 0 Å². The van der Waals surface area contributed by atoms with E-state index in [-0.39, 0.29) is 11.8 Å². The molecule has 0 bridgehead atoms. The van der Waals surface area contributed by atoms with Gasteiger partial charge in [0.1, 0.15) is 5.60 Å². The Morgan fingerprint density at radius 3 is 2.23 bits per heavy atom. The standard InChI is InChI=1S/C22H22Cl2N2O4/c1-30-19-17(23)7-6-15(18(19)24)14-4-2-3-5-16(14)20(27)25-10-12-26(13-11-25)21(28)22(29)8-9-22/h2-7,29H,8-13H2,1H3. The summed E-state index contributed by atoms with van der Waals surface area (Å²) in [4.78, 5) is 29.0. The zero-order valence-corrected chi connectivity index (χ0v) is 18.0. The number of ether oxygens (including phenoxy) is 1. The van der Waals surface area contributed by atoms with Gasteiger partial charge in [-0.2, -0.15) is 0 Å². The number of piperazine rings is 1. The first kappa shape index (κ1) is 21.0. The van der Waals surface area contributed by atoms with E-state index in [1.165, 1.54) is 7.11 Å². The highest BCUT2D eigenvalue weighted by Gasteiger charge is 2.50. The summed E-state index contributed by atoms with van der Waals surface area (Å²) in [7, 11) is 1.49. The highest BCUT2D eigenvalue weighted by molar-refractivity contribution is 6.39. The van der Waals surface area contributed by atoms with Crippen LogP contribution in [0.15, 0.2) is 36.4 Å². The predicted molar refractivity (Wildman–Crippen MR) is 115 cm³/mol. The first-order chi connectivity index (χ1) is 14.4. The average Bonchev–Trinajstić information content (AvgIpc) is 3.52. The number of rotatable bonds is 4. The number of carbonyl (C=O) groups excluding carboxylic acids is 2. The van der Waals surface area contributed by atoms with Crippen LogP contribution in [0.5, 0.6) is 5.75 Å². The van der Waals surface area contributed by atoms with Crippen LogP contribution in [0.3, 0.4) is 0 Å². The normalized spacial score (nSPS) is 17.6. The van der Waals surface area contributed by atoms with Crippen molar-refractivity contribution in [2.45, 2.75) is 18.4 Å². The predicted octanol–water partition coefficient (Wildman–Crippen LogP) is 3.48. The topological polar surface area (TPSA) is 70.1 Å². The van der Waals surface area contributed by atoms with E-state index in [4.69, 9.17) is 27.9 Å². The quantitative estimate of drug-likeness (QED) is 0.776. The van der Waals surface area contributed by atoms with E-state index in [1.807, 2.05) is 12.1 Å². The number of nitrogens with zero attached hydrogens (tertiary/aromatic N) is 2. The Morgan fingerprint density at radius 2 is 1.60 bits per heavy atom. The van der Waals surface area contributed by atoms with Gasteiger partial charge in [0.05, 0.1) is 17.2 Å². The molecule has 6 nitrogen and oxygen atoms in total. The largest absolute Gasteiger partial charge is 0.494 e. The van der Waals surface area contributed by atoms with Crippen LogP contribution >= 0.6 is 23.2 Å². The number of carbonyl (C=O) groups is 2. The Morgan fingerprint density at radius 1 is 0.967 bits per heavy atom. The summed E-state index contributed by atoms with van der Waals surface area (Å²) in [5.74, 6) is 0.00563. The number of aliphatic hydroxyl groups is 1. The maximum absolute atomic E-state index is 13.3. The van der Waals surface area contributed by atoms with Gasteiger partial charge in [0, 0.05) is 37.3 Å². The zero-order valence-electron chi connectivity index (χ0n) is 16.5. The highest BCUT2D eigenvalue weighted by atomic mass is 35.5. The molecule has 2 aliphatic rings. The Labute approximate surface area is 184 Å². The molecule has 0 radical (unpaired) electrons. The maximum Gasteiger partial charge on any atom is 0.254 e. The second-order valence-electron chi connectivity index (χ2n) is 7.60. The molecule has 4 rings (SSSR count). The molecule has 1 saturated carbocycles. The van der Waals surface area contributed by atoms with E-state index in [9.17, 15) is 14.7 Å². The average molecular weight is 449 g/mol. The van der Waals surface area contributed by atoms with Crippen molar-refractivity contribution in [2.24, 2.45) is 0 Å². The third-order valence-corrected chi connectivity index (χ3v) is 6.35. The molecule has 2 aromatic rings. The fourth-order valence-corrected chi connectivity index (χ4v) is 4.37. The van der Waals surface area contributed by atoms with Crippen LogP contribution in [0, 0.1) is 0 Å². The minimum Gasteiger partial charge on any atom is -0.494 e. The monoisotopic (exact) mass is 448 g/mol. The van der Waals surface area contributed by atoms with E-state index in [1.54, 1.807) is 34.1 Å². The molecule has 0 atom stereocenters. The van der Waals surface area contributed by atoms with E-state index in [2.05, 4.69) is 0 Å². The summed E-state index contributed by atoms with van der Waals surface area (Å²) in [5, 5.41) is 10.8. The van der Waals surface area contributed by atoms with E-state index < -0.39 is 5.60 Å². The lowest BCUT2D eigenvalue weighted by Gasteiger charge is -2.36. The van der Waals surface area contributed by atoms with E-state index in [0.717, 1.165) is 0 Å². The third kappa shape index (κ3) is 3.75. The van der Waals surface area contributed by atoms with E-state index in [0.29, 0.717) is 71.5 Å². The molecule has 158 valence electrons. The van der Waals surface area contributed by atoms with Gasteiger partial charge >= 0.3 is 0 Å². The molecule has 2 fully saturated rings. The molecule has 0 aromatic heterocycles. The SMILES string of the molecule is COc1c(Cl)ccc(-c2ccccc2C(=O)N2CCN(C(=O)C3(O)CC3)CC2)c1Cl. The summed E-state index contributed by atoms with van der Waals surface area (Å²) in [6.45, 7) is 1.63. The van der Waals surface area contributed by atoms with Crippen molar-refractivity contribution in [2.75, 3.05) is 33.3 Å². The van der Waals surface area contributed by atoms with Crippen LogP contribution in [0.4, 0.5) is 0 Å². The third-order valence-electron chi connectivity index (χ3n) is 5.68. The number of halogens is 2. The Kier molecular flexibility index (Phi) is 5.66. The molecule has 2 aromatic carbocycles. The number of amides is 2. The summed E-state index contributed by atoms with van der Waals surface area (Å²) < 4.78 is 5.30.